The average molecular weight is 359 g/mol. The first kappa shape index (κ1) is 18.3. The Morgan fingerprint density at radius 1 is 0.852 bits per heavy atom. The molecule has 0 saturated heterocycles. The number of methoxy groups -OCH3 is 1. The summed E-state index contributed by atoms with van der Waals surface area (Å²) in [5.41, 5.74) is 3.61. The third kappa shape index (κ3) is 4.98. The SMILES string of the molecule is COc1cc(/C=C/c2ccc(O)c(/C=N/Cc3ccccc3)c2)ccc1O. The van der Waals surface area contributed by atoms with Crippen LogP contribution in [0.5, 0.6) is 17.2 Å². The first-order valence-electron chi connectivity index (χ1n) is 8.57. The number of hydrogen-bond acceptors (Lipinski definition) is 4. The summed E-state index contributed by atoms with van der Waals surface area (Å²) >= 11 is 0. The fraction of sp³-hybridized carbons (Fsp3) is 0.0870. The minimum Gasteiger partial charge on any atom is -0.507 e. The smallest absolute Gasteiger partial charge is 0.161 e. The number of benzene rings is 3. The molecule has 3 aromatic rings. The van der Waals surface area contributed by atoms with Crippen LogP contribution in [0.4, 0.5) is 0 Å². The van der Waals surface area contributed by atoms with Crippen molar-refractivity contribution in [3.63, 3.8) is 0 Å². The average Bonchev–Trinajstić information content (AvgIpc) is 2.70. The van der Waals surface area contributed by atoms with Gasteiger partial charge in [0.2, 0.25) is 0 Å². The molecule has 27 heavy (non-hydrogen) atoms. The lowest BCUT2D eigenvalue weighted by Gasteiger charge is -2.04. The number of aliphatic imine (C=N–C) groups is 1. The van der Waals surface area contributed by atoms with Crippen molar-refractivity contribution >= 4 is 18.4 Å². The number of phenols is 2. The van der Waals surface area contributed by atoms with Crippen molar-refractivity contribution in [2.75, 3.05) is 7.11 Å². The van der Waals surface area contributed by atoms with Crippen LogP contribution in [0, 0.1) is 0 Å². The van der Waals surface area contributed by atoms with E-state index in [0.29, 0.717) is 17.9 Å². The van der Waals surface area contributed by atoms with Gasteiger partial charge in [-0.2, -0.15) is 0 Å². The lowest BCUT2D eigenvalue weighted by atomic mass is 10.1. The largest absolute Gasteiger partial charge is 0.507 e. The summed E-state index contributed by atoms with van der Waals surface area (Å²) < 4.78 is 5.12. The standard InChI is InChI=1S/C23H21NO3/c1-27-23-14-18(10-12-22(23)26)8-7-17-9-11-21(25)20(13-17)16-24-15-19-5-3-2-4-6-19/h2-14,16,25-26H,15H2,1H3/b8-7+,24-16+. The van der Waals surface area contributed by atoms with Gasteiger partial charge in [0.1, 0.15) is 5.75 Å². The lowest BCUT2D eigenvalue weighted by Crippen LogP contribution is -1.87. The predicted molar refractivity (Wildman–Crippen MR) is 109 cm³/mol. The number of aromatic hydroxyl groups is 2. The van der Waals surface area contributed by atoms with E-state index >= 15 is 0 Å². The van der Waals surface area contributed by atoms with E-state index in [1.807, 2.05) is 54.6 Å². The van der Waals surface area contributed by atoms with E-state index in [-0.39, 0.29) is 11.5 Å². The van der Waals surface area contributed by atoms with E-state index < -0.39 is 0 Å². The van der Waals surface area contributed by atoms with E-state index in [2.05, 4.69) is 4.99 Å². The van der Waals surface area contributed by atoms with Crippen molar-refractivity contribution in [1.29, 1.82) is 0 Å². The van der Waals surface area contributed by atoms with Gasteiger partial charge in [-0.05, 0) is 41.0 Å². The summed E-state index contributed by atoms with van der Waals surface area (Å²) in [6, 6.07) is 20.5. The number of ether oxygens (including phenoxy) is 1. The van der Waals surface area contributed by atoms with Crippen LogP contribution < -0.4 is 4.74 Å². The van der Waals surface area contributed by atoms with Gasteiger partial charge in [0, 0.05) is 11.8 Å². The highest BCUT2D eigenvalue weighted by Gasteiger charge is 2.02. The maximum absolute atomic E-state index is 10.1. The molecule has 0 saturated carbocycles. The van der Waals surface area contributed by atoms with Gasteiger partial charge in [0.25, 0.3) is 0 Å². The monoisotopic (exact) mass is 359 g/mol. The Hall–Kier alpha value is -3.53. The Balaban J connectivity index is 1.74. The molecule has 0 radical (unpaired) electrons. The first-order valence-corrected chi connectivity index (χ1v) is 8.57. The van der Waals surface area contributed by atoms with Crippen LogP contribution in [-0.4, -0.2) is 23.5 Å². The minimum absolute atomic E-state index is 0.108. The van der Waals surface area contributed by atoms with E-state index in [9.17, 15) is 10.2 Å². The molecule has 0 spiro atoms. The molecule has 3 aromatic carbocycles. The molecule has 3 rings (SSSR count). The normalized spacial score (nSPS) is 11.3. The Kier molecular flexibility index (Phi) is 5.90. The van der Waals surface area contributed by atoms with E-state index in [0.717, 1.165) is 16.7 Å². The zero-order chi connectivity index (χ0) is 19.1. The van der Waals surface area contributed by atoms with Crippen molar-refractivity contribution in [3.8, 4) is 17.2 Å². The molecule has 0 unspecified atom stereocenters. The molecule has 0 heterocycles. The molecular formula is C23H21NO3. The molecule has 0 aromatic heterocycles. The van der Waals surface area contributed by atoms with Gasteiger partial charge < -0.3 is 14.9 Å². The van der Waals surface area contributed by atoms with Gasteiger partial charge in [-0.3, -0.25) is 4.99 Å². The van der Waals surface area contributed by atoms with Crippen molar-refractivity contribution in [3.05, 3.63) is 89.0 Å². The van der Waals surface area contributed by atoms with Gasteiger partial charge in [-0.25, -0.2) is 0 Å². The van der Waals surface area contributed by atoms with Crippen LogP contribution >= 0.6 is 0 Å². The van der Waals surface area contributed by atoms with Crippen molar-refractivity contribution in [1.82, 2.24) is 0 Å². The van der Waals surface area contributed by atoms with Crippen LogP contribution in [0.2, 0.25) is 0 Å². The molecule has 0 aliphatic rings. The fourth-order valence-electron chi connectivity index (χ4n) is 2.60. The highest BCUT2D eigenvalue weighted by atomic mass is 16.5. The van der Waals surface area contributed by atoms with Gasteiger partial charge in [0.15, 0.2) is 11.5 Å². The second kappa shape index (κ2) is 8.72. The Bertz CT molecular complexity index is 963. The Labute approximate surface area is 158 Å². The predicted octanol–water partition coefficient (Wildman–Crippen LogP) is 4.90. The first-order chi connectivity index (χ1) is 13.2. The van der Waals surface area contributed by atoms with Crippen LogP contribution in [0.25, 0.3) is 12.2 Å². The van der Waals surface area contributed by atoms with Crippen molar-refractivity contribution in [2.45, 2.75) is 6.54 Å². The van der Waals surface area contributed by atoms with Crippen molar-refractivity contribution < 1.29 is 14.9 Å². The summed E-state index contributed by atoms with van der Waals surface area (Å²) in [5, 5.41) is 19.7. The quantitative estimate of drug-likeness (QED) is 0.486. The Morgan fingerprint density at radius 2 is 1.52 bits per heavy atom. The van der Waals surface area contributed by atoms with Crippen LogP contribution in [-0.2, 0) is 6.54 Å². The molecule has 0 aliphatic carbocycles. The zero-order valence-corrected chi connectivity index (χ0v) is 15.0. The van der Waals surface area contributed by atoms with Gasteiger partial charge >= 0.3 is 0 Å². The number of rotatable bonds is 6. The maximum atomic E-state index is 10.1. The fourth-order valence-corrected chi connectivity index (χ4v) is 2.60. The molecule has 136 valence electrons. The highest BCUT2D eigenvalue weighted by Crippen LogP contribution is 2.27. The molecule has 0 atom stereocenters. The maximum Gasteiger partial charge on any atom is 0.161 e. The Morgan fingerprint density at radius 3 is 2.22 bits per heavy atom. The summed E-state index contributed by atoms with van der Waals surface area (Å²) in [6.45, 7) is 0.563. The van der Waals surface area contributed by atoms with E-state index in [1.165, 1.54) is 7.11 Å². The van der Waals surface area contributed by atoms with Crippen LogP contribution in [0.3, 0.4) is 0 Å². The highest BCUT2D eigenvalue weighted by molar-refractivity contribution is 5.85. The number of phenolic OH excluding ortho intramolecular Hbond substituents is 2. The molecule has 0 aliphatic heterocycles. The second-order valence-corrected chi connectivity index (χ2v) is 6.04. The molecule has 0 amide bonds. The molecule has 4 nitrogen and oxygen atoms in total. The molecule has 2 N–H and O–H groups in total. The molecule has 4 heteroatoms. The summed E-state index contributed by atoms with van der Waals surface area (Å²) in [5.74, 6) is 0.725. The third-order valence-electron chi connectivity index (χ3n) is 4.07. The number of hydrogen-bond donors (Lipinski definition) is 2. The number of nitrogens with zero attached hydrogens (tertiary/aromatic N) is 1. The van der Waals surface area contributed by atoms with E-state index in [4.69, 9.17) is 4.74 Å². The van der Waals surface area contributed by atoms with Crippen LogP contribution in [0.15, 0.2) is 71.7 Å². The minimum atomic E-state index is 0.108. The lowest BCUT2D eigenvalue weighted by molar-refractivity contribution is 0.373. The van der Waals surface area contributed by atoms with Gasteiger partial charge in [0.05, 0.1) is 13.7 Å². The summed E-state index contributed by atoms with van der Waals surface area (Å²) in [4.78, 5) is 4.41. The second-order valence-electron chi connectivity index (χ2n) is 6.04. The molecular weight excluding hydrogens is 338 g/mol. The molecule has 0 fully saturated rings. The summed E-state index contributed by atoms with van der Waals surface area (Å²) in [7, 11) is 1.52. The molecule has 0 bridgehead atoms. The van der Waals surface area contributed by atoms with Crippen molar-refractivity contribution in [2.24, 2.45) is 4.99 Å². The zero-order valence-electron chi connectivity index (χ0n) is 15.0. The van der Waals surface area contributed by atoms with Gasteiger partial charge in [-0.15, -0.1) is 0 Å². The summed E-state index contributed by atoms with van der Waals surface area (Å²) in [6.07, 6.45) is 5.53. The van der Waals surface area contributed by atoms with Crippen LogP contribution in [0.1, 0.15) is 22.3 Å². The van der Waals surface area contributed by atoms with E-state index in [1.54, 1.807) is 30.5 Å². The van der Waals surface area contributed by atoms with Gasteiger partial charge in [-0.1, -0.05) is 54.6 Å². The third-order valence-corrected chi connectivity index (χ3v) is 4.07. The topological polar surface area (TPSA) is 62.0 Å².